The molecule has 0 unspecified atom stereocenters. The van der Waals surface area contributed by atoms with Crippen molar-refractivity contribution in [1.82, 2.24) is 0 Å². The fraction of sp³-hybridized carbons (Fsp3) is 0.222. The zero-order chi connectivity index (χ0) is 10.6. The van der Waals surface area contributed by atoms with Crippen LogP contribution in [0.2, 0.25) is 5.02 Å². The largest absolute Gasteiger partial charge is 0.409 e. The Hall–Kier alpha value is -1.26. The summed E-state index contributed by atoms with van der Waals surface area (Å²) >= 11 is 5.79. The molecule has 0 heterocycles. The molecule has 0 radical (unpaired) electrons. The Kier molecular flexibility index (Phi) is 3.73. The van der Waals surface area contributed by atoms with E-state index >= 15 is 0 Å². The number of hydrogen-bond acceptors (Lipinski definition) is 3. The van der Waals surface area contributed by atoms with Gasteiger partial charge in [-0.1, -0.05) is 22.8 Å². The Labute approximate surface area is 86.9 Å². The van der Waals surface area contributed by atoms with Crippen LogP contribution in [0.5, 0.6) is 0 Å². The highest BCUT2D eigenvalue weighted by molar-refractivity contribution is 6.31. The number of nitrogens with two attached hydrogens (primary N) is 1. The van der Waals surface area contributed by atoms with Gasteiger partial charge in [0.05, 0.1) is 6.61 Å². The van der Waals surface area contributed by atoms with E-state index in [0.717, 1.165) is 5.56 Å². The zero-order valence-corrected chi connectivity index (χ0v) is 8.45. The van der Waals surface area contributed by atoms with E-state index in [1.54, 1.807) is 25.3 Å². The van der Waals surface area contributed by atoms with Crippen molar-refractivity contribution in [3.05, 3.63) is 34.3 Å². The summed E-state index contributed by atoms with van der Waals surface area (Å²) in [6.07, 6.45) is 0. The van der Waals surface area contributed by atoms with Crippen LogP contribution < -0.4 is 5.73 Å². The maximum atomic E-state index is 8.55. The van der Waals surface area contributed by atoms with Crippen molar-refractivity contribution in [2.24, 2.45) is 10.9 Å². The average Bonchev–Trinajstić information content (AvgIpc) is 2.20. The second-order valence-electron chi connectivity index (χ2n) is 2.72. The molecular formula is C9H11ClN2O2. The summed E-state index contributed by atoms with van der Waals surface area (Å²) in [6.45, 7) is 0.392. The minimum Gasteiger partial charge on any atom is -0.409 e. The van der Waals surface area contributed by atoms with Crippen LogP contribution in [0, 0.1) is 0 Å². The number of nitrogens with zero attached hydrogens (tertiary/aromatic N) is 1. The minimum atomic E-state index is 0.0274. The van der Waals surface area contributed by atoms with E-state index in [1.165, 1.54) is 0 Å². The Morgan fingerprint density at radius 3 is 2.93 bits per heavy atom. The van der Waals surface area contributed by atoms with Crippen LogP contribution in [0.1, 0.15) is 11.1 Å². The molecule has 0 saturated carbocycles. The van der Waals surface area contributed by atoms with Gasteiger partial charge in [-0.05, 0) is 17.7 Å². The second-order valence-corrected chi connectivity index (χ2v) is 3.16. The van der Waals surface area contributed by atoms with Crippen LogP contribution in [-0.2, 0) is 11.3 Å². The van der Waals surface area contributed by atoms with Crippen LogP contribution in [0.25, 0.3) is 0 Å². The molecule has 3 N–H and O–H groups in total. The summed E-state index contributed by atoms with van der Waals surface area (Å²) in [5, 5.41) is 12.0. The molecule has 0 fully saturated rings. The topological polar surface area (TPSA) is 67.8 Å². The first kappa shape index (κ1) is 10.8. The number of amidine groups is 1. The molecule has 0 aliphatic carbocycles. The van der Waals surface area contributed by atoms with E-state index in [9.17, 15) is 0 Å². The molecule has 14 heavy (non-hydrogen) atoms. The lowest BCUT2D eigenvalue weighted by Crippen LogP contribution is -2.15. The number of methoxy groups -OCH3 is 1. The maximum Gasteiger partial charge on any atom is 0.170 e. The predicted octanol–water partition coefficient (Wildman–Crippen LogP) is 1.58. The van der Waals surface area contributed by atoms with Crippen LogP contribution in [-0.4, -0.2) is 18.2 Å². The number of halogens is 1. The van der Waals surface area contributed by atoms with Gasteiger partial charge in [0, 0.05) is 17.7 Å². The van der Waals surface area contributed by atoms with Crippen molar-refractivity contribution in [2.75, 3.05) is 7.11 Å². The van der Waals surface area contributed by atoms with Crippen LogP contribution in [0.4, 0.5) is 0 Å². The molecule has 0 atom stereocenters. The van der Waals surface area contributed by atoms with E-state index in [2.05, 4.69) is 5.16 Å². The van der Waals surface area contributed by atoms with Gasteiger partial charge in [-0.25, -0.2) is 0 Å². The number of oxime groups is 1. The third-order valence-electron chi connectivity index (χ3n) is 1.76. The van der Waals surface area contributed by atoms with Gasteiger partial charge in [0.1, 0.15) is 0 Å². The fourth-order valence-electron chi connectivity index (χ4n) is 1.12. The van der Waals surface area contributed by atoms with E-state index in [-0.39, 0.29) is 5.84 Å². The first-order chi connectivity index (χ1) is 6.69. The van der Waals surface area contributed by atoms with Gasteiger partial charge < -0.3 is 15.7 Å². The average molecular weight is 215 g/mol. The summed E-state index contributed by atoms with van der Waals surface area (Å²) in [5.41, 5.74) is 6.89. The van der Waals surface area contributed by atoms with E-state index in [1.807, 2.05) is 0 Å². The predicted molar refractivity (Wildman–Crippen MR) is 54.7 cm³/mol. The fourth-order valence-corrected chi connectivity index (χ4v) is 1.29. The van der Waals surface area contributed by atoms with Crippen molar-refractivity contribution >= 4 is 17.4 Å². The molecule has 5 heteroatoms. The Balaban J connectivity index is 3.15. The lowest BCUT2D eigenvalue weighted by molar-refractivity contribution is 0.184. The lowest BCUT2D eigenvalue weighted by atomic mass is 10.1. The van der Waals surface area contributed by atoms with Gasteiger partial charge in [0.2, 0.25) is 0 Å². The number of benzene rings is 1. The lowest BCUT2D eigenvalue weighted by Gasteiger charge is -2.07. The van der Waals surface area contributed by atoms with E-state index < -0.39 is 0 Å². The van der Waals surface area contributed by atoms with Gasteiger partial charge in [-0.2, -0.15) is 0 Å². The van der Waals surface area contributed by atoms with Gasteiger partial charge in [-0.3, -0.25) is 0 Å². The number of rotatable bonds is 3. The molecule has 1 rings (SSSR count). The van der Waals surface area contributed by atoms with Crippen molar-refractivity contribution in [3.8, 4) is 0 Å². The minimum absolute atomic E-state index is 0.0274. The summed E-state index contributed by atoms with van der Waals surface area (Å²) in [7, 11) is 1.57. The Morgan fingerprint density at radius 1 is 1.64 bits per heavy atom. The normalized spacial score (nSPS) is 11.7. The monoisotopic (exact) mass is 214 g/mol. The van der Waals surface area contributed by atoms with Gasteiger partial charge >= 0.3 is 0 Å². The molecule has 0 aliphatic heterocycles. The third kappa shape index (κ3) is 2.37. The summed E-state index contributed by atoms with van der Waals surface area (Å²) in [6, 6.07) is 5.13. The van der Waals surface area contributed by atoms with Crippen molar-refractivity contribution in [2.45, 2.75) is 6.61 Å². The summed E-state index contributed by atoms with van der Waals surface area (Å²) < 4.78 is 4.97. The summed E-state index contributed by atoms with van der Waals surface area (Å²) in [5.74, 6) is 0.0274. The molecule has 0 spiro atoms. The smallest absolute Gasteiger partial charge is 0.170 e. The van der Waals surface area contributed by atoms with Crippen LogP contribution in [0.15, 0.2) is 23.4 Å². The van der Waals surface area contributed by atoms with Crippen molar-refractivity contribution < 1.29 is 9.94 Å². The highest BCUT2D eigenvalue weighted by Crippen LogP contribution is 2.16. The first-order valence-electron chi connectivity index (χ1n) is 3.94. The van der Waals surface area contributed by atoms with Crippen molar-refractivity contribution in [1.29, 1.82) is 0 Å². The van der Waals surface area contributed by atoms with E-state index in [4.69, 9.17) is 27.3 Å². The number of hydrogen-bond donors (Lipinski definition) is 2. The number of ether oxygens (including phenoxy) is 1. The maximum absolute atomic E-state index is 8.55. The van der Waals surface area contributed by atoms with Crippen LogP contribution in [0.3, 0.4) is 0 Å². The first-order valence-corrected chi connectivity index (χ1v) is 4.32. The third-order valence-corrected chi connectivity index (χ3v) is 1.99. The standard InChI is InChI=1S/C9H11ClN2O2/c1-14-5-6-2-3-7(10)4-8(6)9(11)12-13/h2-4,13H,5H2,1H3,(H2,11,12). The highest BCUT2D eigenvalue weighted by atomic mass is 35.5. The van der Waals surface area contributed by atoms with Gasteiger partial charge in [-0.15, -0.1) is 0 Å². The molecule has 76 valence electrons. The SMILES string of the molecule is COCc1ccc(Cl)cc1/C(N)=N\O. The molecule has 0 aliphatic rings. The van der Waals surface area contributed by atoms with Crippen molar-refractivity contribution in [3.63, 3.8) is 0 Å². The molecule has 0 saturated heterocycles. The van der Waals surface area contributed by atoms with Gasteiger partial charge in [0.25, 0.3) is 0 Å². The van der Waals surface area contributed by atoms with E-state index in [0.29, 0.717) is 17.2 Å². The second kappa shape index (κ2) is 4.83. The Bertz CT molecular complexity index is 353. The Morgan fingerprint density at radius 2 is 2.36 bits per heavy atom. The molecule has 4 nitrogen and oxygen atoms in total. The molecule has 1 aromatic rings. The summed E-state index contributed by atoms with van der Waals surface area (Å²) in [4.78, 5) is 0. The quantitative estimate of drug-likeness (QED) is 0.348. The zero-order valence-electron chi connectivity index (χ0n) is 7.70. The van der Waals surface area contributed by atoms with Gasteiger partial charge in [0.15, 0.2) is 5.84 Å². The highest BCUT2D eigenvalue weighted by Gasteiger charge is 2.07. The molecule has 0 bridgehead atoms. The van der Waals surface area contributed by atoms with Crippen LogP contribution >= 0.6 is 11.6 Å². The molecule has 0 amide bonds. The molecule has 1 aromatic carbocycles. The molecular weight excluding hydrogens is 204 g/mol. The molecule has 0 aromatic heterocycles.